The Bertz CT molecular complexity index is 1540. The second-order valence-corrected chi connectivity index (χ2v) is 13.0. The van der Waals surface area contributed by atoms with E-state index in [0.29, 0.717) is 12.1 Å². The minimum absolute atomic E-state index is 0.127. The fourth-order valence-corrected chi connectivity index (χ4v) is 7.05. The highest BCUT2D eigenvalue weighted by molar-refractivity contribution is 7.15. The van der Waals surface area contributed by atoms with Crippen LogP contribution in [0.3, 0.4) is 0 Å². The van der Waals surface area contributed by atoms with Gasteiger partial charge < -0.3 is 24.7 Å². The van der Waals surface area contributed by atoms with Gasteiger partial charge >= 0.3 is 6.03 Å². The molecule has 2 aromatic heterocycles. The highest BCUT2D eigenvalue weighted by Crippen LogP contribution is 2.48. The van der Waals surface area contributed by atoms with E-state index in [2.05, 4.69) is 59.4 Å². The van der Waals surface area contributed by atoms with Gasteiger partial charge in [-0.15, -0.1) is 11.3 Å². The van der Waals surface area contributed by atoms with Crippen LogP contribution in [0, 0.1) is 13.8 Å². The standard InChI is InChI=1S/C33H38N4O3S/c1-20-21(2)41-32(34-20)30-28-14-13-27(40-26-15-17-39-18-16-26)19-29(28)37(25-7-4-8-25)31(30)22-9-11-24(12-10-22)36-33(38)35-23-5-3-6-23/h9-14,19,23,25-26H,3-8,15-18H2,1-2H3,(H2,35,36,38). The number of aromatic nitrogens is 2. The van der Waals surface area contributed by atoms with E-state index in [1.54, 1.807) is 11.3 Å². The summed E-state index contributed by atoms with van der Waals surface area (Å²) in [7, 11) is 0. The maximum Gasteiger partial charge on any atom is 0.319 e. The first kappa shape index (κ1) is 26.5. The third kappa shape index (κ3) is 5.24. The molecule has 0 bridgehead atoms. The van der Waals surface area contributed by atoms with E-state index < -0.39 is 0 Å². The van der Waals surface area contributed by atoms with Crippen LogP contribution in [0.25, 0.3) is 32.7 Å². The van der Waals surface area contributed by atoms with Crippen LogP contribution in [0.5, 0.6) is 5.75 Å². The van der Waals surface area contributed by atoms with Crippen LogP contribution in [0.15, 0.2) is 42.5 Å². The molecule has 8 heteroatoms. The van der Waals surface area contributed by atoms with Crippen LogP contribution in [-0.2, 0) is 4.74 Å². The summed E-state index contributed by atoms with van der Waals surface area (Å²) in [5.74, 6) is 0.920. The number of thiazole rings is 1. The first-order chi connectivity index (χ1) is 20.0. The molecule has 2 aromatic carbocycles. The summed E-state index contributed by atoms with van der Waals surface area (Å²) in [4.78, 5) is 18.8. The average molecular weight is 571 g/mol. The van der Waals surface area contributed by atoms with Gasteiger partial charge in [0, 0.05) is 52.5 Å². The zero-order valence-corrected chi connectivity index (χ0v) is 24.7. The molecule has 0 unspecified atom stereocenters. The quantitative estimate of drug-likeness (QED) is 0.236. The number of hydrogen-bond acceptors (Lipinski definition) is 5. The SMILES string of the molecule is Cc1nc(-c2c(-c3ccc(NC(=O)NC4CCC4)cc3)n(C3CCC3)c3cc(OC4CCOCC4)ccc23)sc1C. The molecule has 0 radical (unpaired) electrons. The van der Waals surface area contributed by atoms with Gasteiger partial charge in [-0.3, -0.25) is 0 Å². The molecule has 3 heterocycles. The van der Waals surface area contributed by atoms with Crippen LogP contribution < -0.4 is 15.4 Å². The molecule has 2 aliphatic carbocycles. The molecule has 3 aliphatic rings. The lowest BCUT2D eigenvalue weighted by Gasteiger charge is -2.30. The van der Waals surface area contributed by atoms with Crippen molar-refractivity contribution in [3.8, 4) is 27.6 Å². The fraction of sp³-hybridized carbons (Fsp3) is 0.455. The monoisotopic (exact) mass is 570 g/mol. The van der Waals surface area contributed by atoms with E-state index in [1.807, 2.05) is 12.1 Å². The third-order valence-corrected chi connectivity index (χ3v) is 10.1. The van der Waals surface area contributed by atoms with Crippen molar-refractivity contribution in [2.24, 2.45) is 0 Å². The van der Waals surface area contributed by atoms with Crippen molar-refractivity contribution >= 4 is 34.0 Å². The van der Waals surface area contributed by atoms with Gasteiger partial charge in [0.15, 0.2) is 0 Å². The first-order valence-corrected chi connectivity index (χ1v) is 15.9. The number of anilines is 1. The Morgan fingerprint density at radius 2 is 1.76 bits per heavy atom. The normalized spacial score (nSPS) is 18.2. The number of nitrogens with one attached hydrogen (secondary N) is 2. The van der Waals surface area contributed by atoms with Crippen molar-refractivity contribution in [3.05, 3.63) is 53.0 Å². The Labute approximate surface area is 245 Å². The minimum Gasteiger partial charge on any atom is -0.490 e. The Morgan fingerprint density at radius 3 is 2.39 bits per heavy atom. The molecular formula is C33H38N4O3S. The smallest absolute Gasteiger partial charge is 0.319 e. The second-order valence-electron chi connectivity index (χ2n) is 11.8. The van der Waals surface area contributed by atoms with Crippen molar-refractivity contribution in [1.29, 1.82) is 0 Å². The maximum absolute atomic E-state index is 12.5. The van der Waals surface area contributed by atoms with Crippen molar-refractivity contribution in [3.63, 3.8) is 0 Å². The van der Waals surface area contributed by atoms with Gasteiger partial charge in [0.05, 0.1) is 30.1 Å². The molecule has 0 atom stereocenters. The summed E-state index contributed by atoms with van der Waals surface area (Å²) >= 11 is 1.76. The minimum atomic E-state index is -0.127. The topological polar surface area (TPSA) is 77.4 Å². The molecule has 4 aromatic rings. The molecule has 41 heavy (non-hydrogen) atoms. The van der Waals surface area contributed by atoms with Crippen molar-refractivity contribution in [1.82, 2.24) is 14.9 Å². The summed E-state index contributed by atoms with van der Waals surface area (Å²) in [6.07, 6.45) is 8.94. The van der Waals surface area contributed by atoms with E-state index >= 15 is 0 Å². The summed E-state index contributed by atoms with van der Waals surface area (Å²) < 4.78 is 14.6. The molecule has 0 spiro atoms. The number of nitrogens with zero attached hydrogens (tertiary/aromatic N) is 2. The Morgan fingerprint density at radius 1 is 1.00 bits per heavy atom. The van der Waals surface area contributed by atoms with Crippen LogP contribution in [-0.4, -0.2) is 40.9 Å². The molecule has 214 valence electrons. The molecule has 2 saturated carbocycles. The summed E-state index contributed by atoms with van der Waals surface area (Å²) in [6, 6.07) is 15.5. The van der Waals surface area contributed by atoms with Gasteiger partial charge in [-0.05, 0) is 82.2 Å². The van der Waals surface area contributed by atoms with Crippen LogP contribution in [0.2, 0.25) is 0 Å². The molecule has 7 nitrogen and oxygen atoms in total. The van der Waals surface area contributed by atoms with Crippen LogP contribution in [0.1, 0.15) is 68.0 Å². The van der Waals surface area contributed by atoms with E-state index in [1.165, 1.54) is 39.9 Å². The number of carbonyl (C=O) groups excluding carboxylic acids is 1. The number of aryl methyl sites for hydroxylation is 2. The number of amides is 2. The van der Waals surface area contributed by atoms with Gasteiger partial charge in [-0.2, -0.15) is 0 Å². The Balaban J connectivity index is 1.31. The van der Waals surface area contributed by atoms with E-state index in [9.17, 15) is 4.79 Å². The van der Waals surface area contributed by atoms with Crippen LogP contribution >= 0.6 is 11.3 Å². The average Bonchev–Trinajstić information content (AvgIpc) is 3.42. The predicted octanol–water partition coefficient (Wildman–Crippen LogP) is 8.01. The lowest BCUT2D eigenvalue weighted by atomic mass is 9.92. The number of urea groups is 1. The number of fused-ring (bicyclic) bond motifs is 1. The molecule has 2 amide bonds. The molecule has 1 aliphatic heterocycles. The zero-order chi connectivity index (χ0) is 27.9. The molecule has 7 rings (SSSR count). The Kier molecular flexibility index (Phi) is 7.21. The summed E-state index contributed by atoms with van der Waals surface area (Å²) in [5, 5.41) is 8.34. The highest BCUT2D eigenvalue weighted by Gasteiger charge is 2.30. The number of carbonyl (C=O) groups is 1. The van der Waals surface area contributed by atoms with Crippen molar-refractivity contribution in [2.45, 2.75) is 83.4 Å². The first-order valence-electron chi connectivity index (χ1n) is 15.1. The van der Waals surface area contributed by atoms with Gasteiger partial charge in [0.2, 0.25) is 0 Å². The van der Waals surface area contributed by atoms with E-state index in [4.69, 9.17) is 14.5 Å². The van der Waals surface area contributed by atoms with Gasteiger partial charge in [0.1, 0.15) is 16.9 Å². The molecule has 2 N–H and O–H groups in total. The fourth-order valence-electron chi connectivity index (χ4n) is 6.07. The Hall–Kier alpha value is -3.36. The van der Waals surface area contributed by atoms with Gasteiger partial charge in [-0.25, -0.2) is 9.78 Å². The summed E-state index contributed by atoms with van der Waals surface area (Å²) in [6.45, 7) is 5.76. The molecule has 1 saturated heterocycles. The third-order valence-electron chi connectivity index (χ3n) is 8.99. The van der Waals surface area contributed by atoms with Crippen molar-refractivity contribution < 1.29 is 14.3 Å². The summed E-state index contributed by atoms with van der Waals surface area (Å²) in [5.41, 5.74) is 6.60. The molecule has 3 fully saturated rings. The highest BCUT2D eigenvalue weighted by atomic mass is 32.1. The van der Waals surface area contributed by atoms with Gasteiger partial charge in [0.25, 0.3) is 0 Å². The lowest BCUT2D eigenvalue weighted by Crippen LogP contribution is -2.41. The van der Waals surface area contributed by atoms with E-state index in [-0.39, 0.29) is 12.1 Å². The second kappa shape index (κ2) is 11.1. The lowest BCUT2D eigenvalue weighted by molar-refractivity contribution is 0.0256. The number of ether oxygens (including phenoxy) is 2. The maximum atomic E-state index is 12.5. The number of hydrogen-bond donors (Lipinski definition) is 2. The number of rotatable bonds is 7. The van der Waals surface area contributed by atoms with Crippen molar-refractivity contribution in [2.75, 3.05) is 18.5 Å². The largest absolute Gasteiger partial charge is 0.490 e. The van der Waals surface area contributed by atoms with Gasteiger partial charge in [-0.1, -0.05) is 12.1 Å². The number of benzene rings is 2. The predicted molar refractivity (Wildman–Crippen MR) is 165 cm³/mol. The van der Waals surface area contributed by atoms with E-state index in [0.717, 1.165) is 79.4 Å². The van der Waals surface area contributed by atoms with Crippen LogP contribution in [0.4, 0.5) is 10.5 Å². The molecular weight excluding hydrogens is 532 g/mol. The zero-order valence-electron chi connectivity index (χ0n) is 23.9.